The number of aryl methyl sites for hydroxylation is 1. The summed E-state index contributed by atoms with van der Waals surface area (Å²) in [5.74, 6) is 0. The highest BCUT2D eigenvalue weighted by Gasteiger charge is 2.24. The standard InChI is InChI=1S/C15H16ClNS/c1-10(15-3-2-8-18-15)17-14-7-4-11-9-12(16)5-6-13(11)14/h2-3,5-6,8-10,14,17H,4,7H2,1H3/t10-,14?/m0/s1. The molecule has 2 atom stereocenters. The van der Waals surface area contributed by atoms with E-state index in [1.54, 1.807) is 0 Å². The van der Waals surface area contributed by atoms with Gasteiger partial charge in [-0.2, -0.15) is 0 Å². The number of rotatable bonds is 3. The fourth-order valence-corrected chi connectivity index (χ4v) is 3.62. The maximum atomic E-state index is 6.04. The van der Waals surface area contributed by atoms with E-state index in [2.05, 4.69) is 41.9 Å². The van der Waals surface area contributed by atoms with Crippen LogP contribution in [0.3, 0.4) is 0 Å². The van der Waals surface area contributed by atoms with Gasteiger partial charge in [0.2, 0.25) is 0 Å². The van der Waals surface area contributed by atoms with E-state index >= 15 is 0 Å². The Bertz CT molecular complexity index is 535. The Labute approximate surface area is 117 Å². The highest BCUT2D eigenvalue weighted by Crippen LogP contribution is 2.34. The molecular formula is C15H16ClNS. The first-order chi connectivity index (χ1) is 8.74. The van der Waals surface area contributed by atoms with Crippen LogP contribution in [0.4, 0.5) is 0 Å². The smallest absolute Gasteiger partial charge is 0.0408 e. The molecule has 1 aliphatic carbocycles. The largest absolute Gasteiger partial charge is 0.303 e. The number of fused-ring (bicyclic) bond motifs is 1. The summed E-state index contributed by atoms with van der Waals surface area (Å²) in [6, 6.07) is 11.5. The van der Waals surface area contributed by atoms with Gasteiger partial charge < -0.3 is 5.32 Å². The number of nitrogens with one attached hydrogen (secondary N) is 1. The lowest BCUT2D eigenvalue weighted by atomic mass is 10.1. The topological polar surface area (TPSA) is 12.0 Å². The van der Waals surface area contributed by atoms with Gasteiger partial charge in [-0.1, -0.05) is 23.7 Å². The van der Waals surface area contributed by atoms with Gasteiger partial charge in [0.1, 0.15) is 0 Å². The number of halogens is 1. The fourth-order valence-electron chi connectivity index (χ4n) is 2.68. The van der Waals surface area contributed by atoms with Crippen LogP contribution < -0.4 is 5.32 Å². The maximum absolute atomic E-state index is 6.04. The number of hydrogen-bond acceptors (Lipinski definition) is 2. The summed E-state index contributed by atoms with van der Waals surface area (Å²) in [5.41, 5.74) is 2.82. The molecule has 0 fully saturated rings. The van der Waals surface area contributed by atoms with Crippen LogP contribution >= 0.6 is 22.9 Å². The molecule has 3 heteroatoms. The monoisotopic (exact) mass is 277 g/mol. The van der Waals surface area contributed by atoms with E-state index in [9.17, 15) is 0 Å². The predicted octanol–water partition coefficient (Wildman–Crippen LogP) is 4.74. The van der Waals surface area contributed by atoms with Gasteiger partial charge >= 0.3 is 0 Å². The van der Waals surface area contributed by atoms with Crippen molar-refractivity contribution in [3.63, 3.8) is 0 Å². The van der Waals surface area contributed by atoms with Crippen molar-refractivity contribution in [3.05, 3.63) is 56.7 Å². The van der Waals surface area contributed by atoms with Gasteiger partial charge in [0.05, 0.1) is 0 Å². The normalized spacial score (nSPS) is 19.8. The van der Waals surface area contributed by atoms with Crippen molar-refractivity contribution in [3.8, 4) is 0 Å². The first-order valence-corrected chi connectivity index (χ1v) is 7.57. The average Bonchev–Trinajstić information content (AvgIpc) is 2.98. The molecule has 0 bridgehead atoms. The molecule has 1 aromatic heterocycles. The second kappa shape index (κ2) is 5.04. The Hall–Kier alpha value is -0.830. The molecule has 18 heavy (non-hydrogen) atoms. The van der Waals surface area contributed by atoms with E-state index in [0.29, 0.717) is 12.1 Å². The third kappa shape index (κ3) is 2.33. The predicted molar refractivity (Wildman–Crippen MR) is 78.4 cm³/mol. The van der Waals surface area contributed by atoms with E-state index in [-0.39, 0.29) is 0 Å². The van der Waals surface area contributed by atoms with Crippen molar-refractivity contribution in [1.29, 1.82) is 0 Å². The van der Waals surface area contributed by atoms with Crippen LogP contribution in [0, 0.1) is 0 Å². The SMILES string of the molecule is C[C@H](NC1CCc2cc(Cl)ccc21)c1cccs1. The zero-order valence-corrected chi connectivity index (χ0v) is 11.9. The second-order valence-electron chi connectivity index (χ2n) is 4.84. The van der Waals surface area contributed by atoms with Gasteiger partial charge in [-0.25, -0.2) is 0 Å². The Kier molecular flexibility index (Phi) is 3.42. The van der Waals surface area contributed by atoms with Crippen molar-refractivity contribution in [1.82, 2.24) is 5.32 Å². The molecule has 0 spiro atoms. The van der Waals surface area contributed by atoms with Gasteiger partial charge in [0.15, 0.2) is 0 Å². The molecule has 94 valence electrons. The minimum absolute atomic E-state index is 0.414. The van der Waals surface area contributed by atoms with Crippen molar-refractivity contribution in [2.75, 3.05) is 0 Å². The summed E-state index contributed by atoms with van der Waals surface area (Å²) in [6.07, 6.45) is 2.30. The summed E-state index contributed by atoms with van der Waals surface area (Å²) < 4.78 is 0. The molecule has 1 nitrogen and oxygen atoms in total. The number of hydrogen-bond donors (Lipinski definition) is 1. The van der Waals surface area contributed by atoms with E-state index in [1.807, 2.05) is 17.4 Å². The molecular weight excluding hydrogens is 262 g/mol. The number of thiophene rings is 1. The molecule has 1 heterocycles. The van der Waals surface area contributed by atoms with Crippen molar-refractivity contribution in [2.45, 2.75) is 31.8 Å². The molecule has 3 rings (SSSR count). The maximum Gasteiger partial charge on any atom is 0.0408 e. The van der Waals surface area contributed by atoms with Crippen LogP contribution in [-0.4, -0.2) is 0 Å². The molecule has 1 N–H and O–H groups in total. The third-order valence-corrected chi connectivity index (χ3v) is 4.89. The summed E-state index contributed by atoms with van der Waals surface area (Å²) in [4.78, 5) is 1.40. The third-order valence-electron chi connectivity index (χ3n) is 3.60. The van der Waals surface area contributed by atoms with E-state index in [1.165, 1.54) is 22.4 Å². The van der Waals surface area contributed by atoms with Gasteiger partial charge in [-0.15, -0.1) is 11.3 Å². The first kappa shape index (κ1) is 12.2. The zero-order chi connectivity index (χ0) is 12.5. The van der Waals surface area contributed by atoms with Crippen LogP contribution in [0.25, 0.3) is 0 Å². The molecule has 0 saturated heterocycles. The van der Waals surface area contributed by atoms with Crippen molar-refractivity contribution >= 4 is 22.9 Å². The van der Waals surface area contributed by atoms with Crippen LogP contribution in [-0.2, 0) is 6.42 Å². The Balaban J connectivity index is 1.77. The second-order valence-corrected chi connectivity index (χ2v) is 6.25. The minimum atomic E-state index is 0.414. The summed E-state index contributed by atoms with van der Waals surface area (Å²) in [5, 5.41) is 6.71. The molecule has 0 saturated carbocycles. The molecule has 1 unspecified atom stereocenters. The Morgan fingerprint density at radius 1 is 1.39 bits per heavy atom. The minimum Gasteiger partial charge on any atom is -0.303 e. The lowest BCUT2D eigenvalue weighted by Crippen LogP contribution is -2.22. The van der Waals surface area contributed by atoms with Gasteiger partial charge in [-0.05, 0) is 54.5 Å². The van der Waals surface area contributed by atoms with Crippen molar-refractivity contribution < 1.29 is 0 Å². The molecule has 0 radical (unpaired) electrons. The van der Waals surface area contributed by atoms with E-state index < -0.39 is 0 Å². The Morgan fingerprint density at radius 2 is 2.28 bits per heavy atom. The van der Waals surface area contributed by atoms with E-state index in [4.69, 9.17) is 11.6 Å². The van der Waals surface area contributed by atoms with Crippen LogP contribution in [0.2, 0.25) is 5.02 Å². The molecule has 1 aromatic carbocycles. The average molecular weight is 278 g/mol. The molecule has 1 aliphatic rings. The van der Waals surface area contributed by atoms with Crippen molar-refractivity contribution in [2.24, 2.45) is 0 Å². The number of benzene rings is 1. The lowest BCUT2D eigenvalue weighted by Gasteiger charge is -2.19. The molecule has 0 amide bonds. The van der Waals surface area contributed by atoms with Crippen LogP contribution in [0.1, 0.15) is 41.4 Å². The summed E-state index contributed by atoms with van der Waals surface area (Å²) >= 11 is 7.85. The summed E-state index contributed by atoms with van der Waals surface area (Å²) in [6.45, 7) is 2.24. The van der Waals surface area contributed by atoms with Gasteiger partial charge in [0, 0.05) is 22.0 Å². The van der Waals surface area contributed by atoms with Crippen LogP contribution in [0.15, 0.2) is 35.7 Å². The highest BCUT2D eigenvalue weighted by atomic mass is 35.5. The zero-order valence-electron chi connectivity index (χ0n) is 10.3. The van der Waals surface area contributed by atoms with Gasteiger partial charge in [0.25, 0.3) is 0 Å². The first-order valence-electron chi connectivity index (χ1n) is 6.32. The molecule has 2 aromatic rings. The fraction of sp³-hybridized carbons (Fsp3) is 0.333. The molecule has 0 aliphatic heterocycles. The Morgan fingerprint density at radius 3 is 3.06 bits per heavy atom. The lowest BCUT2D eigenvalue weighted by molar-refractivity contribution is 0.469. The highest BCUT2D eigenvalue weighted by molar-refractivity contribution is 7.10. The summed E-state index contributed by atoms with van der Waals surface area (Å²) in [7, 11) is 0. The quantitative estimate of drug-likeness (QED) is 0.854. The van der Waals surface area contributed by atoms with Gasteiger partial charge in [-0.3, -0.25) is 0 Å². The van der Waals surface area contributed by atoms with E-state index in [0.717, 1.165) is 11.4 Å². The van der Waals surface area contributed by atoms with Crippen LogP contribution in [0.5, 0.6) is 0 Å².